The molecule has 0 fully saturated rings. The number of allylic oxidation sites excluding steroid dienone is 11. The van der Waals surface area contributed by atoms with Gasteiger partial charge in [0.15, 0.2) is 0 Å². The molecule has 0 radical (unpaired) electrons. The van der Waals surface area contributed by atoms with E-state index in [9.17, 15) is 4.79 Å². The summed E-state index contributed by atoms with van der Waals surface area (Å²) in [5, 5.41) is 0. The molecule has 0 heterocycles. The predicted molar refractivity (Wildman–Crippen MR) is 197 cm³/mol. The van der Waals surface area contributed by atoms with Crippen molar-refractivity contribution < 1.29 is 9.53 Å². The van der Waals surface area contributed by atoms with Crippen LogP contribution in [0, 0.1) is 23.7 Å². The summed E-state index contributed by atoms with van der Waals surface area (Å²) in [6.07, 6.45) is 47.2. The van der Waals surface area contributed by atoms with Crippen LogP contribution in [0.15, 0.2) is 72.9 Å². The summed E-state index contributed by atoms with van der Waals surface area (Å²) in [4.78, 5) is 12.0. The van der Waals surface area contributed by atoms with E-state index in [1.54, 1.807) is 6.08 Å². The lowest BCUT2D eigenvalue weighted by molar-refractivity contribution is -0.138. The maximum atomic E-state index is 12.0. The van der Waals surface area contributed by atoms with Crippen LogP contribution in [0.4, 0.5) is 0 Å². The SMILES string of the molecule is CCCCCCCCCC=CC=CC=CC=CC=CC=CC(=O)OCCC(C)CCCC(C)CCCC(C)CCCC(C)C. The molecule has 0 saturated heterocycles. The molecule has 3 atom stereocenters. The van der Waals surface area contributed by atoms with Crippen LogP contribution in [-0.4, -0.2) is 12.6 Å². The maximum absolute atomic E-state index is 12.0. The summed E-state index contributed by atoms with van der Waals surface area (Å²) in [6.45, 7) is 14.6. The quantitative estimate of drug-likeness (QED) is 0.0365. The number of ether oxygens (including phenoxy) is 1. The minimum absolute atomic E-state index is 0.261. The van der Waals surface area contributed by atoms with Gasteiger partial charge in [0.2, 0.25) is 0 Å². The molecule has 0 aromatic heterocycles. The lowest BCUT2D eigenvalue weighted by Crippen LogP contribution is -2.07. The van der Waals surface area contributed by atoms with Crippen LogP contribution in [0.2, 0.25) is 0 Å². The van der Waals surface area contributed by atoms with E-state index in [2.05, 4.69) is 59.8 Å². The van der Waals surface area contributed by atoms with E-state index < -0.39 is 0 Å². The summed E-state index contributed by atoms with van der Waals surface area (Å²) in [7, 11) is 0. The number of rotatable bonds is 29. The van der Waals surface area contributed by atoms with Crippen molar-refractivity contribution in [3.05, 3.63) is 72.9 Å². The first kappa shape index (κ1) is 41.9. The van der Waals surface area contributed by atoms with Gasteiger partial charge in [-0.05, 0) is 42.9 Å². The molecular formula is C42H72O2. The fourth-order valence-electron chi connectivity index (χ4n) is 5.39. The number of carbonyl (C=O) groups excluding carboxylic acids is 1. The first-order valence-corrected chi connectivity index (χ1v) is 18.5. The van der Waals surface area contributed by atoms with E-state index in [1.807, 2.05) is 42.5 Å². The Morgan fingerprint density at radius 2 is 0.932 bits per heavy atom. The Morgan fingerprint density at radius 1 is 0.500 bits per heavy atom. The first-order valence-electron chi connectivity index (χ1n) is 18.5. The minimum atomic E-state index is -0.261. The summed E-state index contributed by atoms with van der Waals surface area (Å²) in [5.74, 6) is 2.87. The van der Waals surface area contributed by atoms with Crippen LogP contribution >= 0.6 is 0 Å². The number of esters is 1. The van der Waals surface area contributed by atoms with E-state index in [0.29, 0.717) is 12.5 Å². The Kier molecular flexibility index (Phi) is 30.8. The van der Waals surface area contributed by atoms with Gasteiger partial charge >= 0.3 is 5.97 Å². The molecule has 0 aliphatic heterocycles. The predicted octanol–water partition coefficient (Wildman–Crippen LogP) is 13.5. The van der Waals surface area contributed by atoms with Gasteiger partial charge in [0.25, 0.3) is 0 Å². The first-order chi connectivity index (χ1) is 21.3. The molecule has 0 bridgehead atoms. The van der Waals surface area contributed by atoms with E-state index in [-0.39, 0.29) is 5.97 Å². The normalized spacial score (nSPS) is 14.9. The van der Waals surface area contributed by atoms with E-state index in [1.165, 1.54) is 115 Å². The van der Waals surface area contributed by atoms with Gasteiger partial charge in [0.05, 0.1) is 6.61 Å². The van der Waals surface area contributed by atoms with Crippen molar-refractivity contribution in [2.45, 2.75) is 157 Å². The highest BCUT2D eigenvalue weighted by atomic mass is 16.5. The molecule has 0 aliphatic rings. The van der Waals surface area contributed by atoms with Crippen LogP contribution < -0.4 is 0 Å². The van der Waals surface area contributed by atoms with Crippen LogP contribution in [0.1, 0.15) is 157 Å². The third-order valence-corrected chi connectivity index (χ3v) is 8.46. The van der Waals surface area contributed by atoms with Crippen molar-refractivity contribution in [3.8, 4) is 0 Å². The molecule has 44 heavy (non-hydrogen) atoms. The summed E-state index contributed by atoms with van der Waals surface area (Å²) in [6, 6.07) is 0. The second-order valence-corrected chi connectivity index (χ2v) is 13.7. The third kappa shape index (κ3) is 32.8. The van der Waals surface area contributed by atoms with Crippen molar-refractivity contribution in [2.75, 3.05) is 6.61 Å². The van der Waals surface area contributed by atoms with Crippen LogP contribution in [-0.2, 0) is 9.53 Å². The highest BCUT2D eigenvalue weighted by Gasteiger charge is 2.09. The molecule has 2 heteroatoms. The highest BCUT2D eigenvalue weighted by molar-refractivity contribution is 5.82. The Morgan fingerprint density at radius 3 is 1.45 bits per heavy atom. The van der Waals surface area contributed by atoms with Crippen molar-refractivity contribution in [3.63, 3.8) is 0 Å². The van der Waals surface area contributed by atoms with Gasteiger partial charge in [-0.2, -0.15) is 0 Å². The van der Waals surface area contributed by atoms with Gasteiger partial charge in [-0.25, -0.2) is 4.79 Å². The maximum Gasteiger partial charge on any atom is 0.330 e. The fraction of sp³-hybridized carbons (Fsp3) is 0.690. The molecule has 0 rings (SSSR count). The molecule has 0 amide bonds. The van der Waals surface area contributed by atoms with Crippen molar-refractivity contribution in [2.24, 2.45) is 23.7 Å². The number of carbonyl (C=O) groups is 1. The standard InChI is InChI=1S/C42H72O2/c1-7-8-9-10-11-12-13-14-15-16-17-18-19-20-21-22-23-24-25-35-42(43)44-37-36-41(6)34-28-33-40(5)32-27-31-39(4)30-26-29-38(2)3/h15-25,35,38-41H,7-14,26-34,36-37H2,1-6H3. The molecule has 3 unspecified atom stereocenters. The van der Waals surface area contributed by atoms with Gasteiger partial charge in [-0.3, -0.25) is 0 Å². The molecule has 252 valence electrons. The molecule has 0 N–H and O–H groups in total. The second-order valence-electron chi connectivity index (χ2n) is 13.7. The molecule has 0 aromatic carbocycles. The molecule has 0 saturated carbocycles. The Balaban J connectivity index is 3.79. The highest BCUT2D eigenvalue weighted by Crippen LogP contribution is 2.22. The van der Waals surface area contributed by atoms with Gasteiger partial charge in [0, 0.05) is 6.08 Å². The Bertz CT molecular complexity index is 810. The Hall–Kier alpha value is -2.09. The molecule has 0 aromatic rings. The molecule has 0 aliphatic carbocycles. The lowest BCUT2D eigenvalue weighted by atomic mass is 9.91. The summed E-state index contributed by atoms with van der Waals surface area (Å²) in [5.41, 5.74) is 0. The second kappa shape index (κ2) is 32.3. The zero-order chi connectivity index (χ0) is 32.5. The van der Waals surface area contributed by atoms with Crippen LogP contribution in [0.25, 0.3) is 0 Å². The van der Waals surface area contributed by atoms with Gasteiger partial charge < -0.3 is 4.74 Å². The van der Waals surface area contributed by atoms with Gasteiger partial charge in [-0.1, -0.05) is 205 Å². The number of hydrogen-bond donors (Lipinski definition) is 0. The fourth-order valence-corrected chi connectivity index (χ4v) is 5.39. The average Bonchev–Trinajstić information content (AvgIpc) is 2.98. The van der Waals surface area contributed by atoms with Gasteiger partial charge in [-0.15, -0.1) is 0 Å². The van der Waals surface area contributed by atoms with Crippen molar-refractivity contribution in [1.82, 2.24) is 0 Å². The average molecular weight is 609 g/mol. The zero-order valence-electron chi connectivity index (χ0n) is 30.0. The summed E-state index contributed by atoms with van der Waals surface area (Å²) >= 11 is 0. The number of hydrogen-bond acceptors (Lipinski definition) is 2. The van der Waals surface area contributed by atoms with Crippen molar-refractivity contribution in [1.29, 1.82) is 0 Å². The largest absolute Gasteiger partial charge is 0.463 e. The molecular weight excluding hydrogens is 536 g/mol. The Labute approximate surface area is 275 Å². The zero-order valence-corrected chi connectivity index (χ0v) is 30.0. The van der Waals surface area contributed by atoms with Gasteiger partial charge in [0.1, 0.15) is 0 Å². The van der Waals surface area contributed by atoms with Crippen LogP contribution in [0.5, 0.6) is 0 Å². The van der Waals surface area contributed by atoms with Crippen molar-refractivity contribution >= 4 is 5.97 Å². The monoisotopic (exact) mass is 609 g/mol. The van der Waals surface area contributed by atoms with E-state index >= 15 is 0 Å². The third-order valence-electron chi connectivity index (χ3n) is 8.46. The van der Waals surface area contributed by atoms with Crippen LogP contribution in [0.3, 0.4) is 0 Å². The van der Waals surface area contributed by atoms with E-state index in [4.69, 9.17) is 4.74 Å². The van der Waals surface area contributed by atoms with E-state index in [0.717, 1.165) is 24.2 Å². The summed E-state index contributed by atoms with van der Waals surface area (Å²) < 4.78 is 5.39. The smallest absolute Gasteiger partial charge is 0.330 e. The minimum Gasteiger partial charge on any atom is -0.463 e. The lowest BCUT2D eigenvalue weighted by Gasteiger charge is -2.16. The topological polar surface area (TPSA) is 26.3 Å². The molecule has 0 spiro atoms. The number of unbranched alkanes of at least 4 members (excludes halogenated alkanes) is 7. The molecule has 2 nitrogen and oxygen atoms in total.